The molecule has 0 radical (unpaired) electrons. The average molecular weight is 277 g/mol. The van der Waals surface area contributed by atoms with Crippen molar-refractivity contribution in [3.05, 3.63) is 35.9 Å². The molecule has 0 spiro atoms. The van der Waals surface area contributed by atoms with Crippen LogP contribution in [0.4, 0.5) is 0 Å². The van der Waals surface area contributed by atoms with Gasteiger partial charge in [0.05, 0.1) is 6.10 Å². The van der Waals surface area contributed by atoms with Gasteiger partial charge in [-0.2, -0.15) is 0 Å². The Morgan fingerprint density at radius 2 is 1.75 bits per heavy atom. The largest absolute Gasteiger partial charge is 0.388 e. The Bertz CT molecular complexity index is 352. The molecule has 0 aliphatic rings. The summed E-state index contributed by atoms with van der Waals surface area (Å²) in [5.74, 6) is 0.253. The van der Waals surface area contributed by atoms with Crippen molar-refractivity contribution in [3.63, 3.8) is 0 Å². The molecule has 3 unspecified atom stereocenters. The van der Waals surface area contributed by atoms with Crippen LogP contribution in [0, 0.1) is 5.92 Å². The molecule has 0 aliphatic heterocycles. The van der Waals surface area contributed by atoms with Gasteiger partial charge < -0.3 is 10.0 Å². The van der Waals surface area contributed by atoms with Crippen LogP contribution in [0.2, 0.25) is 0 Å². The number of aliphatic hydroxyl groups is 1. The van der Waals surface area contributed by atoms with E-state index in [1.165, 1.54) is 12.8 Å². The zero-order valence-corrected chi connectivity index (χ0v) is 13.5. The molecule has 114 valence electrons. The van der Waals surface area contributed by atoms with Crippen molar-refractivity contribution in [3.8, 4) is 0 Å². The fourth-order valence-electron chi connectivity index (χ4n) is 2.56. The van der Waals surface area contributed by atoms with Gasteiger partial charge in [-0.15, -0.1) is 0 Å². The van der Waals surface area contributed by atoms with E-state index >= 15 is 0 Å². The molecule has 0 saturated carbocycles. The second-order valence-corrected chi connectivity index (χ2v) is 5.94. The van der Waals surface area contributed by atoms with Crippen molar-refractivity contribution < 1.29 is 5.11 Å². The monoisotopic (exact) mass is 277 g/mol. The molecule has 0 aromatic heterocycles. The van der Waals surface area contributed by atoms with Gasteiger partial charge in [-0.05, 0) is 37.8 Å². The molecular formula is C18H31NO. The number of benzene rings is 1. The van der Waals surface area contributed by atoms with E-state index in [1.807, 2.05) is 30.3 Å². The minimum Gasteiger partial charge on any atom is -0.388 e. The lowest BCUT2D eigenvalue weighted by molar-refractivity contribution is 0.0743. The van der Waals surface area contributed by atoms with Crippen LogP contribution >= 0.6 is 0 Å². The van der Waals surface area contributed by atoms with Crippen LogP contribution in [0.3, 0.4) is 0 Å². The van der Waals surface area contributed by atoms with Gasteiger partial charge in [-0.1, -0.05) is 57.5 Å². The van der Waals surface area contributed by atoms with Crippen molar-refractivity contribution in [1.29, 1.82) is 0 Å². The second kappa shape index (κ2) is 9.15. The lowest BCUT2D eigenvalue weighted by Gasteiger charge is -2.32. The zero-order chi connectivity index (χ0) is 15.0. The highest BCUT2D eigenvalue weighted by molar-refractivity contribution is 5.17. The van der Waals surface area contributed by atoms with E-state index in [-0.39, 0.29) is 12.0 Å². The quantitative estimate of drug-likeness (QED) is 0.729. The maximum absolute atomic E-state index is 10.5. The predicted molar refractivity (Wildman–Crippen MR) is 86.8 cm³/mol. The van der Waals surface area contributed by atoms with E-state index in [4.69, 9.17) is 0 Å². The van der Waals surface area contributed by atoms with Crippen LogP contribution in [0.5, 0.6) is 0 Å². The second-order valence-electron chi connectivity index (χ2n) is 5.94. The third kappa shape index (κ3) is 5.26. The maximum Gasteiger partial charge on any atom is 0.0827 e. The molecule has 2 nitrogen and oxygen atoms in total. The van der Waals surface area contributed by atoms with E-state index in [9.17, 15) is 5.11 Å². The average Bonchev–Trinajstić information content (AvgIpc) is 2.50. The fraction of sp³-hybridized carbons (Fsp3) is 0.667. The predicted octanol–water partition coefficient (Wildman–Crippen LogP) is 4.26. The van der Waals surface area contributed by atoms with Gasteiger partial charge in [0, 0.05) is 12.6 Å². The van der Waals surface area contributed by atoms with Crippen LogP contribution in [-0.4, -0.2) is 29.1 Å². The van der Waals surface area contributed by atoms with Gasteiger partial charge in [0.15, 0.2) is 0 Å². The highest BCUT2D eigenvalue weighted by Crippen LogP contribution is 2.23. The summed E-state index contributed by atoms with van der Waals surface area (Å²) in [6, 6.07) is 10.6. The Hall–Kier alpha value is -0.860. The van der Waals surface area contributed by atoms with Gasteiger partial charge in [-0.3, -0.25) is 0 Å². The molecule has 20 heavy (non-hydrogen) atoms. The summed E-state index contributed by atoms with van der Waals surface area (Å²) in [5.41, 5.74) is 1.03. The minimum atomic E-state index is -0.371. The smallest absolute Gasteiger partial charge is 0.0827 e. The van der Waals surface area contributed by atoms with E-state index in [1.54, 1.807) is 0 Å². The SMILES string of the molecule is CCCCN(CC(C)C(O)c1ccccc1)C(C)CC. The summed E-state index contributed by atoms with van der Waals surface area (Å²) in [6.07, 6.45) is 3.25. The van der Waals surface area contributed by atoms with Crippen molar-refractivity contribution in [2.75, 3.05) is 13.1 Å². The Morgan fingerprint density at radius 1 is 1.10 bits per heavy atom. The maximum atomic E-state index is 10.5. The molecule has 1 rings (SSSR count). The number of rotatable bonds is 9. The third-order valence-corrected chi connectivity index (χ3v) is 4.22. The molecule has 1 aromatic rings. The summed E-state index contributed by atoms with van der Waals surface area (Å²) in [5, 5.41) is 10.5. The Labute approximate surface area is 124 Å². The highest BCUT2D eigenvalue weighted by Gasteiger charge is 2.21. The molecule has 0 fully saturated rings. The molecular weight excluding hydrogens is 246 g/mol. The Balaban J connectivity index is 2.62. The summed E-state index contributed by atoms with van der Waals surface area (Å²) >= 11 is 0. The first kappa shape index (κ1) is 17.2. The van der Waals surface area contributed by atoms with Gasteiger partial charge in [0.25, 0.3) is 0 Å². The number of hydrogen-bond donors (Lipinski definition) is 1. The van der Waals surface area contributed by atoms with Gasteiger partial charge in [-0.25, -0.2) is 0 Å². The van der Waals surface area contributed by atoms with Crippen LogP contribution in [0.25, 0.3) is 0 Å². The van der Waals surface area contributed by atoms with Crippen LogP contribution in [0.1, 0.15) is 58.6 Å². The molecule has 0 amide bonds. The highest BCUT2D eigenvalue weighted by atomic mass is 16.3. The molecule has 1 aromatic carbocycles. The molecule has 3 atom stereocenters. The summed E-state index contributed by atoms with van der Waals surface area (Å²) in [7, 11) is 0. The third-order valence-electron chi connectivity index (χ3n) is 4.22. The molecule has 0 saturated heterocycles. The van der Waals surface area contributed by atoms with Gasteiger partial charge in [0.2, 0.25) is 0 Å². The fourth-order valence-corrected chi connectivity index (χ4v) is 2.56. The van der Waals surface area contributed by atoms with E-state index in [0.29, 0.717) is 6.04 Å². The van der Waals surface area contributed by atoms with Crippen LogP contribution in [-0.2, 0) is 0 Å². The first-order valence-electron chi connectivity index (χ1n) is 8.07. The minimum absolute atomic E-state index is 0.253. The molecule has 1 N–H and O–H groups in total. The lowest BCUT2D eigenvalue weighted by atomic mass is 9.96. The van der Waals surface area contributed by atoms with E-state index in [0.717, 1.165) is 25.1 Å². The Kier molecular flexibility index (Phi) is 7.86. The molecule has 2 heteroatoms. The first-order valence-corrected chi connectivity index (χ1v) is 8.07. The standard InChI is InChI=1S/C18H31NO/c1-5-7-13-19(16(4)6-2)14-15(3)18(20)17-11-9-8-10-12-17/h8-12,15-16,18,20H,5-7,13-14H2,1-4H3. The van der Waals surface area contributed by atoms with Crippen molar-refractivity contribution in [2.45, 2.75) is 59.1 Å². The van der Waals surface area contributed by atoms with Crippen LogP contribution < -0.4 is 0 Å². The van der Waals surface area contributed by atoms with Gasteiger partial charge >= 0.3 is 0 Å². The van der Waals surface area contributed by atoms with Gasteiger partial charge in [0.1, 0.15) is 0 Å². The normalized spacial score (nSPS) is 16.1. The zero-order valence-electron chi connectivity index (χ0n) is 13.5. The lowest BCUT2D eigenvalue weighted by Crippen LogP contribution is -2.38. The van der Waals surface area contributed by atoms with Crippen molar-refractivity contribution in [1.82, 2.24) is 4.90 Å². The van der Waals surface area contributed by atoms with E-state index < -0.39 is 0 Å². The first-order chi connectivity index (χ1) is 9.60. The molecule has 0 bridgehead atoms. The number of hydrogen-bond acceptors (Lipinski definition) is 2. The summed E-state index contributed by atoms with van der Waals surface area (Å²) in [6.45, 7) is 11.0. The number of unbranched alkanes of at least 4 members (excludes halogenated alkanes) is 1. The summed E-state index contributed by atoms with van der Waals surface area (Å²) in [4.78, 5) is 2.53. The van der Waals surface area contributed by atoms with Crippen molar-refractivity contribution >= 4 is 0 Å². The van der Waals surface area contributed by atoms with E-state index in [2.05, 4.69) is 32.6 Å². The Morgan fingerprint density at radius 3 is 2.30 bits per heavy atom. The summed E-state index contributed by atoms with van der Waals surface area (Å²) < 4.78 is 0. The van der Waals surface area contributed by atoms with Crippen LogP contribution in [0.15, 0.2) is 30.3 Å². The number of aliphatic hydroxyl groups excluding tert-OH is 1. The molecule has 0 aliphatic carbocycles. The number of nitrogens with zero attached hydrogens (tertiary/aromatic N) is 1. The molecule has 0 heterocycles. The topological polar surface area (TPSA) is 23.5 Å². The van der Waals surface area contributed by atoms with Crippen molar-refractivity contribution in [2.24, 2.45) is 5.92 Å².